The fourth-order valence-electron chi connectivity index (χ4n) is 4.04. The first-order chi connectivity index (χ1) is 12.8. The Morgan fingerprint density at radius 2 is 2.19 bits per heavy atom. The summed E-state index contributed by atoms with van der Waals surface area (Å²) >= 11 is 3.00. The molecule has 0 radical (unpaired) electrons. The monoisotopic (exact) mass is 411 g/mol. The predicted molar refractivity (Wildman–Crippen MR) is 101 cm³/mol. The molecule has 0 bridgehead atoms. The van der Waals surface area contributed by atoms with Crippen LogP contribution in [0.1, 0.15) is 19.5 Å². The van der Waals surface area contributed by atoms with Gasteiger partial charge in [0.1, 0.15) is 5.70 Å². The fraction of sp³-hybridized carbons (Fsp3) is 0.588. The van der Waals surface area contributed by atoms with Crippen LogP contribution >= 0.6 is 23.1 Å². The number of fused-ring (bicyclic) bond motifs is 1. The molecule has 4 rings (SSSR count). The van der Waals surface area contributed by atoms with Gasteiger partial charge in [0.15, 0.2) is 5.13 Å². The molecule has 1 aromatic heterocycles. The highest BCUT2D eigenvalue weighted by molar-refractivity contribution is 8.03. The Labute approximate surface area is 164 Å². The lowest BCUT2D eigenvalue weighted by atomic mass is 9.79. The number of hydrogen-bond donors (Lipinski definition) is 3. The van der Waals surface area contributed by atoms with Crippen molar-refractivity contribution in [3.05, 3.63) is 21.7 Å². The van der Waals surface area contributed by atoms with Crippen molar-refractivity contribution in [2.75, 3.05) is 18.0 Å². The average molecular weight is 412 g/mol. The van der Waals surface area contributed by atoms with Gasteiger partial charge in [0, 0.05) is 34.5 Å². The Morgan fingerprint density at radius 3 is 2.74 bits per heavy atom. The SMILES string of the molecule is C[C@@H](O)[C@H]1C(=O)N2C(C(=O)O)=C(SC3CN(c4nc(CO)cs4)C3)[C@H](C)[C@H]12. The molecule has 4 heterocycles. The van der Waals surface area contributed by atoms with E-state index in [1.807, 2.05) is 12.3 Å². The summed E-state index contributed by atoms with van der Waals surface area (Å²) in [4.78, 5) is 32.7. The standard InChI is InChI=1S/C17H21N3O5S2/c1-7-12-11(8(2)22)15(23)20(12)13(16(24)25)14(7)27-10-3-19(4-10)17-18-9(5-21)6-26-17/h6-8,10-12,21-22H,3-5H2,1-2H3,(H,24,25)/t7-,8-,11-,12-/m1/s1. The number of carbonyl (C=O) groups excluding carboxylic acids is 1. The van der Waals surface area contributed by atoms with E-state index in [0.717, 1.165) is 23.1 Å². The highest BCUT2D eigenvalue weighted by Crippen LogP contribution is 2.52. The number of rotatable bonds is 6. The molecule has 4 atom stereocenters. The second-order valence-electron chi connectivity index (χ2n) is 7.20. The van der Waals surface area contributed by atoms with E-state index >= 15 is 0 Å². The van der Waals surface area contributed by atoms with Crippen LogP contribution in [0.4, 0.5) is 5.13 Å². The van der Waals surface area contributed by atoms with Crippen molar-refractivity contribution in [1.82, 2.24) is 9.88 Å². The molecule has 0 aromatic carbocycles. The van der Waals surface area contributed by atoms with E-state index < -0.39 is 18.0 Å². The number of amides is 1. The number of hydrogen-bond acceptors (Lipinski definition) is 8. The highest BCUT2D eigenvalue weighted by atomic mass is 32.2. The van der Waals surface area contributed by atoms with Crippen LogP contribution in [-0.4, -0.2) is 67.6 Å². The number of aliphatic hydroxyl groups excluding tert-OH is 2. The summed E-state index contributed by atoms with van der Waals surface area (Å²) in [5.41, 5.74) is 0.730. The first kappa shape index (κ1) is 18.7. The van der Waals surface area contributed by atoms with Crippen molar-refractivity contribution in [1.29, 1.82) is 0 Å². The summed E-state index contributed by atoms with van der Waals surface area (Å²) in [6.07, 6.45) is -0.787. The number of thiazole rings is 1. The minimum absolute atomic E-state index is 0.0784. The average Bonchev–Trinajstić information content (AvgIpc) is 3.12. The topological polar surface area (TPSA) is 114 Å². The molecule has 3 aliphatic heterocycles. The van der Waals surface area contributed by atoms with Crippen LogP contribution in [0.2, 0.25) is 0 Å². The van der Waals surface area contributed by atoms with Crippen molar-refractivity contribution in [2.24, 2.45) is 11.8 Å². The maximum Gasteiger partial charge on any atom is 0.353 e. The van der Waals surface area contributed by atoms with Crippen molar-refractivity contribution < 1.29 is 24.9 Å². The summed E-state index contributed by atoms with van der Waals surface area (Å²) in [5.74, 6) is -2.02. The summed E-state index contributed by atoms with van der Waals surface area (Å²) in [6, 6.07) is -0.270. The predicted octanol–water partition coefficient (Wildman–Crippen LogP) is 0.711. The zero-order valence-electron chi connectivity index (χ0n) is 14.9. The van der Waals surface area contributed by atoms with Crippen molar-refractivity contribution in [2.45, 2.75) is 37.9 Å². The third-order valence-corrected chi connectivity index (χ3v) is 7.83. The molecule has 0 spiro atoms. The van der Waals surface area contributed by atoms with Crippen LogP contribution in [0.5, 0.6) is 0 Å². The Hall–Kier alpha value is -1.62. The molecule has 0 unspecified atom stereocenters. The number of carbonyl (C=O) groups is 2. The number of carboxylic acids is 1. The molecular formula is C17H21N3O5S2. The lowest BCUT2D eigenvalue weighted by molar-refractivity contribution is -0.163. The van der Waals surface area contributed by atoms with Gasteiger partial charge in [0.25, 0.3) is 0 Å². The molecule has 27 heavy (non-hydrogen) atoms. The second kappa shape index (κ2) is 6.77. The number of nitrogens with zero attached hydrogens (tertiary/aromatic N) is 3. The quantitative estimate of drug-likeness (QED) is 0.587. The zero-order chi connectivity index (χ0) is 19.5. The molecule has 8 nitrogen and oxygen atoms in total. The Bertz CT molecular complexity index is 817. The third-order valence-electron chi connectivity index (χ3n) is 5.42. The number of β-lactam (4-membered cyclic amide) rings is 1. The minimum atomic E-state index is -1.09. The number of anilines is 1. The minimum Gasteiger partial charge on any atom is -0.477 e. The summed E-state index contributed by atoms with van der Waals surface area (Å²) in [5, 5.41) is 31.6. The van der Waals surface area contributed by atoms with Gasteiger partial charge in [-0.05, 0) is 6.92 Å². The van der Waals surface area contributed by atoms with E-state index in [9.17, 15) is 19.8 Å². The van der Waals surface area contributed by atoms with Crippen molar-refractivity contribution in [3.63, 3.8) is 0 Å². The van der Waals surface area contributed by atoms with E-state index in [1.165, 1.54) is 28.0 Å². The number of carboxylic acid groups (broad SMARTS) is 1. The van der Waals surface area contributed by atoms with Crippen LogP contribution in [0.15, 0.2) is 16.0 Å². The molecule has 10 heteroatoms. The highest BCUT2D eigenvalue weighted by Gasteiger charge is 2.60. The Kier molecular flexibility index (Phi) is 4.69. The van der Waals surface area contributed by atoms with Crippen LogP contribution < -0.4 is 4.90 Å². The number of thioether (sulfide) groups is 1. The summed E-state index contributed by atoms with van der Waals surface area (Å²) < 4.78 is 0. The first-order valence-electron chi connectivity index (χ1n) is 8.79. The molecule has 1 amide bonds. The van der Waals surface area contributed by atoms with Gasteiger partial charge in [-0.15, -0.1) is 23.1 Å². The molecule has 1 aromatic rings. The molecule has 2 fully saturated rings. The van der Waals surface area contributed by atoms with E-state index in [2.05, 4.69) is 9.88 Å². The zero-order valence-corrected chi connectivity index (χ0v) is 16.5. The summed E-state index contributed by atoms with van der Waals surface area (Å²) in [7, 11) is 0. The van der Waals surface area contributed by atoms with Crippen LogP contribution in [0, 0.1) is 11.8 Å². The van der Waals surface area contributed by atoms with E-state index in [4.69, 9.17) is 5.11 Å². The molecular weight excluding hydrogens is 390 g/mol. The van der Waals surface area contributed by atoms with Gasteiger partial charge >= 0.3 is 5.97 Å². The molecule has 146 valence electrons. The molecule has 0 aliphatic carbocycles. The largest absolute Gasteiger partial charge is 0.477 e. The third kappa shape index (κ3) is 2.86. The van der Waals surface area contributed by atoms with E-state index in [-0.39, 0.29) is 35.4 Å². The normalized spacial score (nSPS) is 28.9. The van der Waals surface area contributed by atoms with Crippen molar-refractivity contribution >= 4 is 40.1 Å². The van der Waals surface area contributed by atoms with Gasteiger partial charge in [0.05, 0.1) is 30.4 Å². The van der Waals surface area contributed by atoms with Gasteiger partial charge in [0.2, 0.25) is 5.91 Å². The van der Waals surface area contributed by atoms with Gasteiger partial charge in [-0.25, -0.2) is 9.78 Å². The smallest absolute Gasteiger partial charge is 0.353 e. The van der Waals surface area contributed by atoms with Gasteiger partial charge < -0.3 is 25.1 Å². The Morgan fingerprint density at radius 1 is 1.48 bits per heavy atom. The first-order valence-corrected chi connectivity index (χ1v) is 10.5. The van der Waals surface area contributed by atoms with Crippen LogP contribution in [-0.2, 0) is 16.2 Å². The molecule has 0 saturated carbocycles. The number of aliphatic carboxylic acids is 1. The Balaban J connectivity index is 1.47. The van der Waals surface area contributed by atoms with E-state index in [0.29, 0.717) is 5.69 Å². The summed E-state index contributed by atoms with van der Waals surface area (Å²) in [6.45, 7) is 4.92. The van der Waals surface area contributed by atoms with Crippen molar-refractivity contribution in [3.8, 4) is 0 Å². The maximum atomic E-state index is 12.4. The molecule has 2 saturated heterocycles. The fourth-order valence-corrected chi connectivity index (χ4v) is 6.40. The molecule has 3 aliphatic rings. The van der Waals surface area contributed by atoms with Gasteiger partial charge in [-0.1, -0.05) is 6.92 Å². The molecule has 3 N–H and O–H groups in total. The lowest BCUT2D eigenvalue weighted by Gasteiger charge is -2.46. The van der Waals surface area contributed by atoms with Gasteiger partial charge in [-0.2, -0.15) is 0 Å². The number of aliphatic hydroxyl groups is 2. The number of aromatic nitrogens is 1. The maximum absolute atomic E-state index is 12.4. The van der Waals surface area contributed by atoms with Crippen LogP contribution in [0.25, 0.3) is 0 Å². The van der Waals surface area contributed by atoms with Crippen LogP contribution in [0.3, 0.4) is 0 Å². The van der Waals surface area contributed by atoms with Gasteiger partial charge in [-0.3, -0.25) is 4.79 Å². The second-order valence-corrected chi connectivity index (χ2v) is 9.38. The van der Waals surface area contributed by atoms with E-state index in [1.54, 1.807) is 6.92 Å². The lowest BCUT2D eigenvalue weighted by Crippen LogP contribution is -2.63.